The van der Waals surface area contributed by atoms with Gasteiger partial charge in [0.1, 0.15) is 0 Å². The monoisotopic (exact) mass is 301 g/mol. The van der Waals surface area contributed by atoms with Crippen LogP contribution in [0.2, 0.25) is 4.34 Å². The molecular weight excluding hydrogens is 278 g/mol. The van der Waals surface area contributed by atoms with Crippen molar-refractivity contribution in [1.82, 2.24) is 5.32 Å². The van der Waals surface area contributed by atoms with E-state index in [4.69, 9.17) is 11.6 Å². The molecule has 1 aliphatic rings. The van der Waals surface area contributed by atoms with Crippen LogP contribution in [0.1, 0.15) is 57.6 Å². The summed E-state index contributed by atoms with van der Waals surface area (Å²) in [7, 11) is 0. The predicted molar refractivity (Wildman–Crippen MR) is 82.9 cm³/mol. The number of halogens is 1. The third-order valence-corrected chi connectivity index (χ3v) is 5.55. The first-order valence-electron chi connectivity index (χ1n) is 7.22. The molecule has 1 unspecified atom stereocenters. The highest BCUT2D eigenvalue weighted by molar-refractivity contribution is 7.14. The van der Waals surface area contributed by atoms with Crippen LogP contribution in [0.15, 0.2) is 11.4 Å². The first kappa shape index (κ1) is 15.3. The normalized spacial score (nSPS) is 29.4. The molecule has 19 heavy (non-hydrogen) atoms. The molecule has 1 aromatic rings. The Balaban J connectivity index is 1.81. The number of nitrogens with one attached hydrogen (secondary N) is 1. The first-order chi connectivity index (χ1) is 9.02. The van der Waals surface area contributed by atoms with Gasteiger partial charge in [-0.25, -0.2) is 0 Å². The van der Waals surface area contributed by atoms with Crippen LogP contribution in [0, 0.1) is 5.92 Å². The molecule has 4 heteroatoms. The maximum atomic E-state index is 10.6. The molecule has 0 bridgehead atoms. The van der Waals surface area contributed by atoms with Gasteiger partial charge in [-0.1, -0.05) is 24.9 Å². The lowest BCUT2D eigenvalue weighted by Gasteiger charge is -2.36. The van der Waals surface area contributed by atoms with Crippen molar-refractivity contribution in [2.75, 3.05) is 6.54 Å². The van der Waals surface area contributed by atoms with E-state index < -0.39 is 5.60 Å². The smallest absolute Gasteiger partial charge is 0.0931 e. The molecule has 1 aliphatic carbocycles. The summed E-state index contributed by atoms with van der Waals surface area (Å²) in [6.45, 7) is 5.05. The van der Waals surface area contributed by atoms with Gasteiger partial charge in [0.15, 0.2) is 0 Å². The number of thiophene rings is 1. The van der Waals surface area contributed by atoms with Crippen molar-refractivity contribution >= 4 is 22.9 Å². The average molecular weight is 302 g/mol. The van der Waals surface area contributed by atoms with Gasteiger partial charge < -0.3 is 10.4 Å². The molecule has 2 N–H and O–H groups in total. The quantitative estimate of drug-likeness (QED) is 0.845. The lowest BCUT2D eigenvalue weighted by Crippen LogP contribution is -2.44. The van der Waals surface area contributed by atoms with Crippen molar-refractivity contribution in [2.45, 2.75) is 57.6 Å². The molecule has 0 amide bonds. The van der Waals surface area contributed by atoms with Crippen LogP contribution < -0.4 is 5.32 Å². The summed E-state index contributed by atoms with van der Waals surface area (Å²) in [5.41, 5.74) is 0.695. The van der Waals surface area contributed by atoms with Crippen molar-refractivity contribution in [3.05, 3.63) is 21.3 Å². The van der Waals surface area contributed by atoms with Crippen LogP contribution >= 0.6 is 22.9 Å². The average Bonchev–Trinajstić information content (AvgIpc) is 2.84. The van der Waals surface area contributed by atoms with Gasteiger partial charge in [0.05, 0.1) is 9.94 Å². The minimum absolute atomic E-state index is 0.247. The Morgan fingerprint density at radius 3 is 2.74 bits per heavy atom. The lowest BCUT2D eigenvalue weighted by atomic mass is 9.78. The molecule has 0 radical (unpaired) electrons. The Morgan fingerprint density at radius 2 is 2.21 bits per heavy atom. The van der Waals surface area contributed by atoms with Crippen molar-refractivity contribution in [1.29, 1.82) is 0 Å². The minimum atomic E-state index is -0.514. The van der Waals surface area contributed by atoms with E-state index in [0.29, 0.717) is 6.54 Å². The van der Waals surface area contributed by atoms with Gasteiger partial charge in [0, 0.05) is 12.6 Å². The summed E-state index contributed by atoms with van der Waals surface area (Å²) in [4.78, 5) is 0. The van der Waals surface area contributed by atoms with E-state index in [2.05, 4.69) is 24.5 Å². The Hall–Kier alpha value is -0.0900. The predicted octanol–water partition coefficient (Wildman–Crippen LogP) is 4.38. The molecule has 0 saturated heterocycles. The third kappa shape index (κ3) is 4.19. The van der Waals surface area contributed by atoms with E-state index in [9.17, 15) is 5.11 Å². The lowest BCUT2D eigenvalue weighted by molar-refractivity contribution is -0.0103. The second-order valence-electron chi connectivity index (χ2n) is 5.86. The van der Waals surface area contributed by atoms with Crippen LogP contribution in [-0.4, -0.2) is 17.3 Å². The fourth-order valence-corrected chi connectivity index (χ4v) is 3.80. The fourth-order valence-electron chi connectivity index (χ4n) is 2.81. The summed E-state index contributed by atoms with van der Waals surface area (Å²) in [6.07, 6.45) is 5.42. The van der Waals surface area contributed by atoms with Crippen LogP contribution in [0.5, 0.6) is 0 Å². The molecule has 2 rings (SSSR count). The largest absolute Gasteiger partial charge is 0.389 e. The Kier molecular flexibility index (Phi) is 5.29. The van der Waals surface area contributed by atoms with E-state index in [1.807, 2.05) is 6.07 Å². The molecular formula is C15H24ClNOS. The number of hydrogen-bond donors (Lipinski definition) is 2. The standard InChI is InChI=1S/C15H24ClNOS/c1-3-12-4-6-15(18,7-5-12)10-17-11(2)13-8-14(16)19-9-13/h8-9,11-12,17-18H,3-7,10H2,1-2H3. The van der Waals surface area contributed by atoms with Crippen molar-refractivity contribution < 1.29 is 5.11 Å². The van der Waals surface area contributed by atoms with E-state index in [1.165, 1.54) is 12.0 Å². The van der Waals surface area contributed by atoms with Crippen molar-refractivity contribution in [2.24, 2.45) is 5.92 Å². The zero-order valence-corrected chi connectivity index (χ0v) is 13.4. The molecule has 0 aliphatic heterocycles. The summed E-state index contributed by atoms with van der Waals surface area (Å²) < 4.78 is 0.825. The van der Waals surface area contributed by atoms with Crippen LogP contribution in [0.4, 0.5) is 0 Å². The van der Waals surface area contributed by atoms with E-state index in [0.717, 1.165) is 35.9 Å². The van der Waals surface area contributed by atoms with Gasteiger partial charge in [-0.3, -0.25) is 0 Å². The summed E-state index contributed by atoms with van der Waals surface area (Å²) in [5.74, 6) is 0.813. The maximum Gasteiger partial charge on any atom is 0.0931 e. The van der Waals surface area contributed by atoms with Gasteiger partial charge in [-0.2, -0.15) is 0 Å². The Morgan fingerprint density at radius 1 is 1.53 bits per heavy atom. The molecule has 2 nitrogen and oxygen atoms in total. The minimum Gasteiger partial charge on any atom is -0.389 e. The molecule has 1 heterocycles. The molecule has 108 valence electrons. The molecule has 0 spiro atoms. The first-order valence-corrected chi connectivity index (χ1v) is 8.48. The second-order valence-corrected chi connectivity index (χ2v) is 7.41. The molecule has 1 atom stereocenters. The molecule has 1 saturated carbocycles. The Bertz CT molecular complexity index is 399. The summed E-state index contributed by atoms with van der Waals surface area (Å²) in [6, 6.07) is 2.25. The SMILES string of the molecule is CCC1CCC(O)(CNC(C)c2csc(Cl)c2)CC1. The highest BCUT2D eigenvalue weighted by atomic mass is 35.5. The topological polar surface area (TPSA) is 32.3 Å². The van der Waals surface area contributed by atoms with Gasteiger partial charge in [-0.15, -0.1) is 11.3 Å². The third-order valence-electron chi connectivity index (χ3n) is 4.44. The second kappa shape index (κ2) is 6.57. The van der Waals surface area contributed by atoms with Crippen molar-refractivity contribution in [3.63, 3.8) is 0 Å². The van der Waals surface area contributed by atoms with Crippen LogP contribution in [-0.2, 0) is 0 Å². The molecule has 0 aromatic carbocycles. The van der Waals surface area contributed by atoms with E-state index >= 15 is 0 Å². The van der Waals surface area contributed by atoms with Gasteiger partial charge >= 0.3 is 0 Å². The van der Waals surface area contributed by atoms with Gasteiger partial charge in [0.25, 0.3) is 0 Å². The molecule has 1 aromatic heterocycles. The fraction of sp³-hybridized carbons (Fsp3) is 0.733. The highest BCUT2D eigenvalue weighted by Crippen LogP contribution is 2.34. The summed E-state index contributed by atoms with van der Waals surface area (Å²) >= 11 is 7.51. The zero-order valence-electron chi connectivity index (χ0n) is 11.8. The molecule has 1 fully saturated rings. The van der Waals surface area contributed by atoms with Crippen molar-refractivity contribution in [3.8, 4) is 0 Å². The summed E-state index contributed by atoms with van der Waals surface area (Å²) in [5, 5.41) is 16.1. The van der Waals surface area contributed by atoms with E-state index in [1.54, 1.807) is 11.3 Å². The number of rotatable bonds is 5. The van der Waals surface area contributed by atoms with E-state index in [-0.39, 0.29) is 6.04 Å². The Labute approximate surface area is 125 Å². The van der Waals surface area contributed by atoms with Gasteiger partial charge in [0.2, 0.25) is 0 Å². The van der Waals surface area contributed by atoms with Crippen LogP contribution in [0.3, 0.4) is 0 Å². The maximum absolute atomic E-state index is 10.6. The van der Waals surface area contributed by atoms with Gasteiger partial charge in [-0.05, 0) is 55.5 Å². The van der Waals surface area contributed by atoms with Crippen LogP contribution in [0.25, 0.3) is 0 Å². The zero-order chi connectivity index (χ0) is 13.9. The number of hydrogen-bond acceptors (Lipinski definition) is 3. The number of aliphatic hydroxyl groups is 1. The highest BCUT2D eigenvalue weighted by Gasteiger charge is 2.32.